The van der Waals surface area contributed by atoms with Crippen molar-refractivity contribution in [2.24, 2.45) is 17.6 Å². The average molecular weight is 1590 g/mol. The van der Waals surface area contributed by atoms with Crippen molar-refractivity contribution in [3.05, 3.63) is 110 Å². The number of nitrogen functional groups attached to an aromatic ring is 3. The number of benzene rings is 2. The van der Waals surface area contributed by atoms with Crippen molar-refractivity contribution in [1.82, 2.24) is 121 Å². The zero-order valence-corrected chi connectivity index (χ0v) is 64.4. The molecule has 0 bridgehead atoms. The van der Waals surface area contributed by atoms with Gasteiger partial charge in [-0.1, -0.05) is 94.8 Å². The Morgan fingerprint density at radius 3 is 1.38 bits per heavy atom. The van der Waals surface area contributed by atoms with Crippen LogP contribution in [0.5, 0.6) is 0 Å². The number of imidazole rings is 3. The number of rotatable bonds is 41. The summed E-state index contributed by atoms with van der Waals surface area (Å²) < 4.78 is 4.18. The molecule has 7 atom stereocenters. The Balaban J connectivity index is 0.795. The summed E-state index contributed by atoms with van der Waals surface area (Å²) in [6.07, 6.45) is 10.2. The fourth-order valence-corrected chi connectivity index (χ4v) is 14.7. The van der Waals surface area contributed by atoms with Crippen LogP contribution in [0.3, 0.4) is 0 Å². The highest BCUT2D eigenvalue weighted by Crippen LogP contribution is 2.33. The highest BCUT2D eigenvalue weighted by molar-refractivity contribution is 8.00. The van der Waals surface area contributed by atoms with Gasteiger partial charge in [-0.3, -0.25) is 58.1 Å². The topological polar surface area (TPSA) is 558 Å². The Morgan fingerprint density at radius 1 is 0.500 bits per heavy atom. The highest BCUT2D eigenvalue weighted by Gasteiger charge is 2.43. The van der Waals surface area contributed by atoms with Crippen LogP contribution in [0.2, 0.25) is 0 Å². The van der Waals surface area contributed by atoms with E-state index in [4.69, 9.17) is 22.9 Å². The quantitative estimate of drug-likeness (QED) is 0.0143. The molecular weight excluding hydrogens is 1490 g/mol. The number of fused-ring (bicyclic) bond motifs is 4. The summed E-state index contributed by atoms with van der Waals surface area (Å²) in [6.45, 7) is 2.64. The number of aromatic nitrogens is 12. The fourth-order valence-electron chi connectivity index (χ4n) is 13.2. The van der Waals surface area contributed by atoms with Crippen molar-refractivity contribution in [2.45, 2.75) is 140 Å². The van der Waals surface area contributed by atoms with Crippen molar-refractivity contribution in [3.63, 3.8) is 0 Å². The summed E-state index contributed by atoms with van der Waals surface area (Å²) in [7, 11) is 0. The standard InChI is InChI=1S/C73H96N28O12S/c1-42(2)25-47(90-69(109)46(74)27-44-13-7-5-8-14-44)70(110)92-49(28-45-15-9-6-10-16-45)71(111)91-48(26-43(3)4)72(112)94-55(105)31-98(58(108)34-101-41-89-62-65(77)83-38-86-68(62)101)24-21-80-54(104)30-97(57(107)33-100-40-88-61-64(76)82-37-85-67(61)100)23-20-79-53(103)29-96(56(106)32-99-39-87-60-63(75)81-36-84-66(60)99)22-19-78-52(102)18-12-11-17-51-59-50(35-114-51)93-73(113)95-59/h5-10,13-16,36-43,46-51,59H,11-12,17-35,74H2,1-4H3,(H,78,102)(H,79,103)(H,80,104)(H,90,109)(H,91,111)(H,92,110)(H2,75,81,84)(H2,76,82,85)(H2,77,83,86)(H2,93,95,113)(H,94,105,112)/t46-,47-,48-,49-,50-,51-,59-/m0/s1. The maximum atomic E-state index is 14.6. The molecule has 13 amide bonds. The minimum absolute atomic E-state index is 0.00347. The Morgan fingerprint density at radius 2 is 0.912 bits per heavy atom. The Hall–Kier alpha value is -12.6. The van der Waals surface area contributed by atoms with E-state index in [0.29, 0.717) is 12.0 Å². The van der Waals surface area contributed by atoms with Gasteiger partial charge >= 0.3 is 6.03 Å². The molecule has 114 heavy (non-hydrogen) atoms. The van der Waals surface area contributed by atoms with Gasteiger partial charge in [-0.15, -0.1) is 0 Å². The third kappa shape index (κ3) is 23.5. The van der Waals surface area contributed by atoms with Gasteiger partial charge in [0, 0.05) is 63.1 Å². The van der Waals surface area contributed by atoms with Crippen molar-refractivity contribution in [1.29, 1.82) is 0 Å². The number of nitrogens with two attached hydrogens (primary N) is 4. The van der Waals surface area contributed by atoms with Crippen molar-refractivity contribution in [3.8, 4) is 0 Å². The molecule has 8 aromatic rings. The number of thioether (sulfide) groups is 1. The molecule has 2 aliphatic rings. The summed E-state index contributed by atoms with van der Waals surface area (Å²) in [5.74, 6) is -7.08. The van der Waals surface area contributed by atoms with Crippen LogP contribution in [-0.4, -0.2) is 250 Å². The molecule has 0 saturated carbocycles. The first-order valence-electron chi connectivity index (χ1n) is 37.4. The van der Waals surface area contributed by atoms with Gasteiger partial charge in [0.15, 0.2) is 34.4 Å². The zero-order valence-electron chi connectivity index (χ0n) is 63.6. The third-order valence-electron chi connectivity index (χ3n) is 19.0. The summed E-state index contributed by atoms with van der Waals surface area (Å²) >= 11 is 1.78. The second kappa shape index (κ2) is 40.1. The molecule has 0 unspecified atom stereocenters. The van der Waals surface area contributed by atoms with Crippen molar-refractivity contribution < 1.29 is 57.5 Å². The van der Waals surface area contributed by atoms with Gasteiger partial charge in [0.05, 0.1) is 50.2 Å². The average Bonchev–Trinajstić information content (AvgIpc) is 1.68. The molecule has 41 heteroatoms. The third-order valence-corrected chi connectivity index (χ3v) is 20.5. The molecule has 2 aliphatic heterocycles. The second-order valence-electron chi connectivity index (χ2n) is 28.6. The van der Waals surface area contributed by atoms with Crippen molar-refractivity contribution in [2.75, 3.05) is 81.9 Å². The van der Waals surface area contributed by atoms with E-state index >= 15 is 0 Å². The second-order valence-corrected chi connectivity index (χ2v) is 29.9. The van der Waals surface area contributed by atoms with E-state index in [2.05, 4.69) is 92.7 Å². The van der Waals surface area contributed by atoms with E-state index in [0.717, 1.165) is 34.0 Å². The van der Waals surface area contributed by atoms with Crippen LogP contribution < -0.4 is 70.8 Å². The maximum Gasteiger partial charge on any atom is 0.315 e. The van der Waals surface area contributed by atoms with Gasteiger partial charge in [-0.2, -0.15) is 11.8 Å². The predicted octanol–water partition coefficient (Wildman–Crippen LogP) is -2.19. The number of urea groups is 1. The van der Waals surface area contributed by atoms with Gasteiger partial charge in [-0.05, 0) is 55.1 Å². The predicted molar refractivity (Wildman–Crippen MR) is 418 cm³/mol. The molecule has 8 heterocycles. The van der Waals surface area contributed by atoms with Crippen LogP contribution in [0.25, 0.3) is 33.5 Å². The molecule has 2 fully saturated rings. The largest absolute Gasteiger partial charge is 0.382 e. The number of imide groups is 1. The molecule has 0 radical (unpaired) electrons. The molecule has 0 spiro atoms. The zero-order chi connectivity index (χ0) is 81.5. The lowest BCUT2D eigenvalue weighted by Crippen LogP contribution is -2.59. The Kier molecular flexibility index (Phi) is 29.5. The summed E-state index contributed by atoms with van der Waals surface area (Å²) in [6, 6.07) is 13.0. The Labute approximate surface area is 658 Å². The molecule has 17 N–H and O–H groups in total. The molecule has 6 aromatic heterocycles. The van der Waals surface area contributed by atoms with E-state index in [-0.39, 0.29) is 170 Å². The molecular formula is C73H96N28O12S. The van der Waals surface area contributed by atoms with Crippen LogP contribution in [-0.2, 0) is 85.2 Å². The van der Waals surface area contributed by atoms with E-state index < -0.39 is 116 Å². The number of hydrogen-bond donors (Lipinski definition) is 13. The molecule has 606 valence electrons. The number of nitrogens with one attached hydrogen (secondary N) is 9. The number of unbranched alkanes of at least 4 members (excludes halogenated alkanes) is 1. The lowest BCUT2D eigenvalue weighted by molar-refractivity contribution is -0.140. The SMILES string of the molecule is CC(C)C[C@H](NC(=O)[C@H](Cc1ccccc1)NC(=O)[C@H](CC(C)C)NC(=O)[C@@H](N)Cc1ccccc1)C(=O)NC(=O)CN(CCNC(=O)CN(CCNC(=O)CN(CCNC(=O)CCCC[C@@H]1SC[C@@H]2NC(=O)N[C@@H]21)C(=O)Cn1cnc2c(N)ncnc21)C(=O)Cn1cnc2c(N)ncnc21)C(=O)Cn1cnc2c(N)ncnc21. The molecule has 0 aliphatic carbocycles. The summed E-state index contributed by atoms with van der Waals surface area (Å²) in [5, 5.41) is 25.0. The number of nitrogens with zero attached hydrogens (tertiary/aromatic N) is 15. The molecule has 10 rings (SSSR count). The summed E-state index contributed by atoms with van der Waals surface area (Å²) in [4.78, 5) is 208. The minimum atomic E-state index is -1.39. The number of hydrogen-bond acceptors (Lipinski definition) is 26. The van der Waals surface area contributed by atoms with Crippen LogP contribution >= 0.6 is 11.8 Å². The first-order chi connectivity index (χ1) is 54.7. The first kappa shape index (κ1) is 83.9. The van der Waals surface area contributed by atoms with Crippen LogP contribution in [0, 0.1) is 11.8 Å². The number of anilines is 3. The molecule has 2 saturated heterocycles. The normalized spacial score (nSPS) is 15.4. The van der Waals surface area contributed by atoms with E-state index in [1.807, 2.05) is 44.2 Å². The Bertz CT molecular complexity index is 4750. The molecule has 40 nitrogen and oxygen atoms in total. The van der Waals surface area contributed by atoms with Crippen LogP contribution in [0.4, 0.5) is 22.2 Å². The van der Waals surface area contributed by atoms with Gasteiger partial charge in [-0.25, -0.2) is 49.7 Å². The lowest BCUT2D eigenvalue weighted by atomic mass is 9.99. The first-order valence-corrected chi connectivity index (χ1v) is 38.4. The number of carbonyl (C=O) groups excluding carboxylic acids is 12. The summed E-state index contributed by atoms with van der Waals surface area (Å²) in [5.41, 5.74) is 27.2. The molecule has 2 aromatic carbocycles. The van der Waals surface area contributed by atoms with Gasteiger partial charge in [0.25, 0.3) is 0 Å². The van der Waals surface area contributed by atoms with Crippen LogP contribution in [0.1, 0.15) is 77.3 Å². The van der Waals surface area contributed by atoms with E-state index in [9.17, 15) is 57.5 Å². The fraction of sp³-hybridized carbons (Fsp3) is 0.466. The monoisotopic (exact) mass is 1590 g/mol. The highest BCUT2D eigenvalue weighted by atomic mass is 32.2. The van der Waals surface area contributed by atoms with Gasteiger partial charge in [0.1, 0.15) is 79.8 Å². The van der Waals surface area contributed by atoms with E-state index in [1.54, 1.807) is 55.9 Å². The number of amides is 13. The lowest BCUT2D eigenvalue weighted by Gasteiger charge is -2.27. The van der Waals surface area contributed by atoms with E-state index in [1.165, 1.54) is 56.6 Å². The number of carbonyl (C=O) groups is 12. The van der Waals surface area contributed by atoms with Gasteiger partial charge in [0.2, 0.25) is 65.0 Å². The van der Waals surface area contributed by atoms with Crippen molar-refractivity contribution >= 4 is 134 Å². The van der Waals surface area contributed by atoms with Crippen LogP contribution in [0.15, 0.2) is 98.6 Å². The minimum Gasteiger partial charge on any atom is -0.382 e. The maximum absolute atomic E-state index is 14.6. The smallest absolute Gasteiger partial charge is 0.315 e. The van der Waals surface area contributed by atoms with Gasteiger partial charge < -0.3 is 93.9 Å².